The molecule has 0 bridgehead atoms. The van der Waals surface area contributed by atoms with Crippen LogP contribution >= 0.6 is 0 Å². The van der Waals surface area contributed by atoms with Gasteiger partial charge in [-0.25, -0.2) is 4.39 Å². The van der Waals surface area contributed by atoms with Gasteiger partial charge in [0, 0.05) is 25.7 Å². The molecule has 0 saturated carbocycles. The monoisotopic (exact) mass is 520 g/mol. The molecule has 3 aromatic rings. The second-order valence-corrected chi connectivity index (χ2v) is 9.48. The van der Waals surface area contributed by atoms with Crippen LogP contribution in [0.25, 0.3) is 0 Å². The SMILES string of the molecule is CN(Cc1ccccc1)C(=O)CC1(COc2ccc(F)cc2)CN(C(=O)c2ccc3c(c2)OCO3)CCO1. The van der Waals surface area contributed by atoms with E-state index in [0.29, 0.717) is 35.9 Å². The van der Waals surface area contributed by atoms with E-state index >= 15 is 0 Å². The van der Waals surface area contributed by atoms with Crippen LogP contribution in [0.15, 0.2) is 72.8 Å². The number of hydrogen-bond acceptors (Lipinski definition) is 6. The zero-order chi connectivity index (χ0) is 26.5. The van der Waals surface area contributed by atoms with Crippen LogP contribution in [-0.2, 0) is 16.1 Å². The van der Waals surface area contributed by atoms with Gasteiger partial charge in [-0.15, -0.1) is 0 Å². The predicted molar refractivity (Wildman–Crippen MR) is 137 cm³/mol. The molecule has 0 spiro atoms. The van der Waals surface area contributed by atoms with E-state index in [2.05, 4.69) is 0 Å². The van der Waals surface area contributed by atoms with E-state index in [1.54, 1.807) is 35.0 Å². The lowest BCUT2D eigenvalue weighted by Crippen LogP contribution is -2.58. The maximum atomic E-state index is 13.5. The predicted octanol–water partition coefficient (Wildman–Crippen LogP) is 3.89. The molecule has 0 aromatic heterocycles. The molecule has 1 saturated heterocycles. The lowest BCUT2D eigenvalue weighted by atomic mass is 9.96. The standard InChI is InChI=1S/C29H29FN2O6/c1-31(17-21-5-3-2-4-6-21)27(33)16-29(19-35-24-10-8-23(30)9-11-24)18-32(13-14-38-29)28(34)22-7-12-25-26(15-22)37-20-36-25/h2-12,15H,13-14,16-20H2,1H3. The highest BCUT2D eigenvalue weighted by Gasteiger charge is 2.42. The zero-order valence-corrected chi connectivity index (χ0v) is 21.1. The van der Waals surface area contributed by atoms with Crippen molar-refractivity contribution in [1.29, 1.82) is 0 Å². The Bertz CT molecular complexity index is 1290. The number of amides is 2. The normalized spacial score (nSPS) is 18.2. The van der Waals surface area contributed by atoms with Gasteiger partial charge in [0.1, 0.15) is 23.8 Å². The fourth-order valence-corrected chi connectivity index (χ4v) is 4.58. The Balaban J connectivity index is 1.34. The Labute approximate surface area is 220 Å². The number of halogens is 1. The molecular weight excluding hydrogens is 491 g/mol. The average Bonchev–Trinajstić information content (AvgIpc) is 3.41. The summed E-state index contributed by atoms with van der Waals surface area (Å²) in [4.78, 5) is 30.1. The summed E-state index contributed by atoms with van der Waals surface area (Å²) in [5, 5.41) is 0. The number of benzene rings is 3. The summed E-state index contributed by atoms with van der Waals surface area (Å²) in [5.74, 6) is 0.833. The molecule has 5 rings (SSSR count). The quantitative estimate of drug-likeness (QED) is 0.449. The van der Waals surface area contributed by atoms with Gasteiger partial charge in [-0.05, 0) is 48.0 Å². The molecule has 2 heterocycles. The van der Waals surface area contributed by atoms with E-state index in [1.807, 2.05) is 30.3 Å². The number of nitrogens with zero attached hydrogens (tertiary/aromatic N) is 2. The van der Waals surface area contributed by atoms with Crippen molar-refractivity contribution < 1.29 is 32.9 Å². The minimum atomic E-state index is -1.10. The number of rotatable bonds is 8. The highest BCUT2D eigenvalue weighted by atomic mass is 19.1. The first-order valence-corrected chi connectivity index (χ1v) is 12.4. The Morgan fingerprint density at radius 3 is 2.58 bits per heavy atom. The average molecular weight is 521 g/mol. The van der Waals surface area contributed by atoms with E-state index in [4.69, 9.17) is 18.9 Å². The van der Waals surface area contributed by atoms with Crippen LogP contribution < -0.4 is 14.2 Å². The second-order valence-electron chi connectivity index (χ2n) is 9.48. The maximum Gasteiger partial charge on any atom is 0.254 e. The van der Waals surface area contributed by atoms with Crippen molar-refractivity contribution >= 4 is 11.8 Å². The number of hydrogen-bond donors (Lipinski definition) is 0. The number of carbonyl (C=O) groups excluding carboxylic acids is 2. The molecule has 1 atom stereocenters. The first-order valence-electron chi connectivity index (χ1n) is 12.4. The van der Waals surface area contributed by atoms with Crippen molar-refractivity contribution in [2.75, 3.05) is 40.1 Å². The summed E-state index contributed by atoms with van der Waals surface area (Å²) >= 11 is 0. The van der Waals surface area contributed by atoms with Gasteiger partial charge >= 0.3 is 0 Å². The third kappa shape index (κ3) is 5.89. The first-order chi connectivity index (χ1) is 18.4. The number of morpholine rings is 1. The molecule has 0 aliphatic carbocycles. The van der Waals surface area contributed by atoms with Crippen molar-refractivity contribution in [2.45, 2.75) is 18.6 Å². The zero-order valence-electron chi connectivity index (χ0n) is 21.1. The van der Waals surface area contributed by atoms with Crippen molar-refractivity contribution in [2.24, 2.45) is 0 Å². The van der Waals surface area contributed by atoms with Crippen LogP contribution in [-0.4, -0.2) is 67.4 Å². The Morgan fingerprint density at radius 1 is 1.03 bits per heavy atom. The van der Waals surface area contributed by atoms with E-state index in [0.717, 1.165) is 5.56 Å². The first kappa shape index (κ1) is 25.5. The third-order valence-corrected chi connectivity index (χ3v) is 6.63. The van der Waals surface area contributed by atoms with Crippen LogP contribution in [0.4, 0.5) is 4.39 Å². The molecule has 1 fully saturated rings. The number of fused-ring (bicyclic) bond motifs is 1. The Kier molecular flexibility index (Phi) is 7.46. The molecule has 38 heavy (non-hydrogen) atoms. The van der Waals surface area contributed by atoms with E-state index in [1.165, 1.54) is 24.3 Å². The molecule has 2 amide bonds. The summed E-state index contributed by atoms with van der Waals surface area (Å²) in [7, 11) is 1.74. The molecular formula is C29H29FN2O6. The lowest BCUT2D eigenvalue weighted by molar-refractivity contribution is -0.152. The van der Waals surface area contributed by atoms with E-state index in [9.17, 15) is 14.0 Å². The van der Waals surface area contributed by atoms with Gasteiger partial charge in [0.25, 0.3) is 5.91 Å². The minimum Gasteiger partial charge on any atom is -0.490 e. The van der Waals surface area contributed by atoms with Gasteiger partial charge in [0.15, 0.2) is 11.5 Å². The molecule has 2 aliphatic heterocycles. The van der Waals surface area contributed by atoms with Crippen molar-refractivity contribution in [3.05, 3.63) is 89.7 Å². The summed E-state index contributed by atoms with van der Waals surface area (Å²) in [6.07, 6.45) is 0.00243. The summed E-state index contributed by atoms with van der Waals surface area (Å²) in [6, 6.07) is 20.4. The maximum absolute atomic E-state index is 13.5. The van der Waals surface area contributed by atoms with Gasteiger partial charge in [0.2, 0.25) is 12.7 Å². The summed E-state index contributed by atoms with van der Waals surface area (Å²) < 4.78 is 36.3. The Hall–Kier alpha value is -4.11. The number of carbonyl (C=O) groups is 2. The summed E-state index contributed by atoms with van der Waals surface area (Å²) in [6.45, 7) is 1.31. The smallest absolute Gasteiger partial charge is 0.254 e. The van der Waals surface area contributed by atoms with Crippen LogP contribution in [0.1, 0.15) is 22.3 Å². The topological polar surface area (TPSA) is 77.5 Å². The lowest BCUT2D eigenvalue weighted by Gasteiger charge is -2.42. The molecule has 198 valence electrons. The van der Waals surface area contributed by atoms with Gasteiger partial charge < -0.3 is 28.7 Å². The van der Waals surface area contributed by atoms with Crippen LogP contribution in [0, 0.1) is 5.82 Å². The molecule has 9 heteroatoms. The largest absolute Gasteiger partial charge is 0.490 e. The van der Waals surface area contributed by atoms with Gasteiger partial charge in [0.05, 0.1) is 19.6 Å². The van der Waals surface area contributed by atoms with Gasteiger partial charge in [-0.1, -0.05) is 30.3 Å². The van der Waals surface area contributed by atoms with E-state index < -0.39 is 5.60 Å². The molecule has 0 N–H and O–H groups in total. The third-order valence-electron chi connectivity index (χ3n) is 6.63. The second kappa shape index (κ2) is 11.1. The van der Waals surface area contributed by atoms with Crippen LogP contribution in [0.2, 0.25) is 0 Å². The molecule has 1 unspecified atom stereocenters. The molecule has 3 aromatic carbocycles. The highest BCUT2D eigenvalue weighted by Crippen LogP contribution is 2.33. The van der Waals surface area contributed by atoms with Gasteiger partial charge in [-0.2, -0.15) is 0 Å². The molecule has 2 aliphatic rings. The van der Waals surface area contributed by atoms with Crippen molar-refractivity contribution in [3.63, 3.8) is 0 Å². The Morgan fingerprint density at radius 2 is 1.79 bits per heavy atom. The number of ether oxygens (including phenoxy) is 4. The fraction of sp³-hybridized carbons (Fsp3) is 0.310. The van der Waals surface area contributed by atoms with Crippen LogP contribution in [0.3, 0.4) is 0 Å². The molecule has 8 nitrogen and oxygen atoms in total. The summed E-state index contributed by atoms with van der Waals surface area (Å²) in [5.41, 5.74) is 0.363. The van der Waals surface area contributed by atoms with Crippen molar-refractivity contribution in [3.8, 4) is 17.2 Å². The molecule has 0 radical (unpaired) electrons. The highest BCUT2D eigenvalue weighted by molar-refractivity contribution is 5.95. The van der Waals surface area contributed by atoms with Crippen molar-refractivity contribution in [1.82, 2.24) is 9.80 Å². The minimum absolute atomic E-state index is 0.00243. The van der Waals surface area contributed by atoms with Gasteiger partial charge in [-0.3, -0.25) is 9.59 Å². The van der Waals surface area contributed by atoms with E-state index in [-0.39, 0.29) is 50.6 Å². The fourth-order valence-electron chi connectivity index (χ4n) is 4.58. The van der Waals surface area contributed by atoms with Crippen LogP contribution in [0.5, 0.6) is 17.2 Å².